The second kappa shape index (κ2) is 35.1. The van der Waals surface area contributed by atoms with Gasteiger partial charge in [-0.1, -0.05) is 127 Å². The van der Waals surface area contributed by atoms with Crippen LogP contribution in [0.2, 0.25) is 0 Å². The minimum atomic E-state index is -0.189. The molecule has 0 amide bonds. The van der Waals surface area contributed by atoms with Gasteiger partial charge in [0.05, 0.1) is 0 Å². The molecule has 4 heteroatoms. The van der Waals surface area contributed by atoms with Gasteiger partial charge in [-0.15, -0.1) is 0 Å². The molecule has 0 saturated heterocycles. The van der Waals surface area contributed by atoms with E-state index < -0.39 is 0 Å². The number of carbonyl (C=O) groups is 2. The average Bonchev–Trinajstić information content (AvgIpc) is 2.99. The van der Waals surface area contributed by atoms with Crippen LogP contribution in [-0.4, -0.2) is 25.2 Å². The van der Waals surface area contributed by atoms with Gasteiger partial charge in [0.25, 0.3) is 0 Å². The van der Waals surface area contributed by atoms with Crippen LogP contribution < -0.4 is 0 Å². The molecule has 0 atom stereocenters. The lowest BCUT2D eigenvalue weighted by Gasteiger charge is -2.07. The summed E-state index contributed by atoms with van der Waals surface area (Å²) in [6, 6.07) is 0. The standard InChI is InChI=1S/C38H66O4/c1-3-5-7-9-11-13-15-17-19-21-23-25-27-29-31-33-37(39)41-35-36-42-38(40)34-32-30-28-26-24-22-20-18-16-14-12-10-8-6-4-2/h11-14,17-20H,3-10,15-16,21-36H2,1-2H3/b13-11-,14-12-,19-17-,20-18-. The molecular formula is C38H66O4. The van der Waals surface area contributed by atoms with Gasteiger partial charge < -0.3 is 9.47 Å². The van der Waals surface area contributed by atoms with Crippen LogP contribution in [0.15, 0.2) is 48.6 Å². The molecule has 0 aliphatic heterocycles. The zero-order valence-electron chi connectivity index (χ0n) is 27.6. The summed E-state index contributed by atoms with van der Waals surface area (Å²) in [7, 11) is 0. The predicted octanol–water partition coefficient (Wildman–Crippen LogP) is 11.7. The Morgan fingerprint density at radius 3 is 1.07 bits per heavy atom. The van der Waals surface area contributed by atoms with Crippen molar-refractivity contribution in [3.05, 3.63) is 48.6 Å². The molecule has 0 aromatic rings. The van der Waals surface area contributed by atoms with E-state index in [1.54, 1.807) is 0 Å². The topological polar surface area (TPSA) is 52.6 Å². The normalized spacial score (nSPS) is 12.0. The third-order valence-corrected chi connectivity index (χ3v) is 7.27. The van der Waals surface area contributed by atoms with Crippen LogP contribution in [0.25, 0.3) is 0 Å². The number of carbonyl (C=O) groups excluding carboxylic acids is 2. The van der Waals surface area contributed by atoms with E-state index in [4.69, 9.17) is 9.47 Å². The molecule has 0 aliphatic rings. The number of allylic oxidation sites excluding steroid dienone is 8. The molecule has 4 nitrogen and oxygen atoms in total. The number of ether oxygens (including phenoxy) is 2. The van der Waals surface area contributed by atoms with E-state index in [0.717, 1.165) is 64.2 Å². The monoisotopic (exact) mass is 586 g/mol. The minimum Gasteiger partial charge on any atom is -0.462 e. The second-order valence-corrected chi connectivity index (χ2v) is 11.4. The molecular weight excluding hydrogens is 520 g/mol. The third kappa shape index (κ3) is 34.1. The van der Waals surface area contributed by atoms with E-state index in [2.05, 4.69) is 62.5 Å². The van der Waals surface area contributed by atoms with Crippen molar-refractivity contribution in [3.63, 3.8) is 0 Å². The Kier molecular flexibility index (Phi) is 33.3. The Morgan fingerprint density at radius 2 is 0.714 bits per heavy atom. The van der Waals surface area contributed by atoms with Crippen molar-refractivity contribution in [3.8, 4) is 0 Å². The molecule has 0 aromatic carbocycles. The van der Waals surface area contributed by atoms with Gasteiger partial charge >= 0.3 is 11.9 Å². The molecule has 0 aromatic heterocycles. The van der Waals surface area contributed by atoms with Crippen molar-refractivity contribution in [1.29, 1.82) is 0 Å². The lowest BCUT2D eigenvalue weighted by atomic mass is 10.1. The van der Waals surface area contributed by atoms with E-state index in [1.165, 1.54) is 77.0 Å². The molecule has 0 unspecified atom stereocenters. The summed E-state index contributed by atoms with van der Waals surface area (Å²) in [4.78, 5) is 23.7. The molecule has 0 N–H and O–H groups in total. The summed E-state index contributed by atoms with van der Waals surface area (Å²) >= 11 is 0. The maximum Gasteiger partial charge on any atom is 0.305 e. The molecule has 0 rings (SSSR count). The summed E-state index contributed by atoms with van der Waals surface area (Å²) in [6.07, 6.45) is 44.8. The highest BCUT2D eigenvalue weighted by atomic mass is 16.6. The van der Waals surface area contributed by atoms with Gasteiger partial charge in [-0.2, -0.15) is 0 Å². The first-order valence-electron chi connectivity index (χ1n) is 17.6. The molecule has 0 fully saturated rings. The van der Waals surface area contributed by atoms with Crippen molar-refractivity contribution in [2.24, 2.45) is 0 Å². The Morgan fingerprint density at radius 1 is 0.405 bits per heavy atom. The van der Waals surface area contributed by atoms with Crippen LogP contribution in [-0.2, 0) is 19.1 Å². The molecule has 0 saturated carbocycles. The Balaban J connectivity index is 3.40. The third-order valence-electron chi connectivity index (χ3n) is 7.27. The van der Waals surface area contributed by atoms with Gasteiger partial charge in [0, 0.05) is 12.8 Å². The van der Waals surface area contributed by atoms with E-state index in [1.807, 2.05) is 0 Å². The van der Waals surface area contributed by atoms with Gasteiger partial charge in [-0.25, -0.2) is 0 Å². The molecule has 242 valence electrons. The summed E-state index contributed by atoms with van der Waals surface area (Å²) < 4.78 is 10.4. The van der Waals surface area contributed by atoms with E-state index in [0.29, 0.717) is 12.8 Å². The fourth-order valence-electron chi connectivity index (χ4n) is 4.62. The molecule has 42 heavy (non-hydrogen) atoms. The average molecular weight is 587 g/mol. The lowest BCUT2D eigenvalue weighted by Crippen LogP contribution is -2.13. The first kappa shape index (κ1) is 39.9. The zero-order chi connectivity index (χ0) is 30.6. The summed E-state index contributed by atoms with van der Waals surface area (Å²) in [5.41, 5.74) is 0. The highest BCUT2D eigenvalue weighted by Gasteiger charge is 2.05. The van der Waals surface area contributed by atoms with Crippen LogP contribution in [0.3, 0.4) is 0 Å². The first-order valence-corrected chi connectivity index (χ1v) is 17.6. The highest BCUT2D eigenvalue weighted by molar-refractivity contribution is 5.70. The van der Waals surface area contributed by atoms with Crippen LogP contribution in [0.4, 0.5) is 0 Å². The number of esters is 2. The smallest absolute Gasteiger partial charge is 0.305 e. The Hall–Kier alpha value is -2.10. The summed E-state index contributed by atoms with van der Waals surface area (Å²) in [5.74, 6) is -0.379. The fourth-order valence-corrected chi connectivity index (χ4v) is 4.62. The van der Waals surface area contributed by atoms with Crippen molar-refractivity contribution in [2.45, 2.75) is 168 Å². The second-order valence-electron chi connectivity index (χ2n) is 11.4. The summed E-state index contributed by atoms with van der Waals surface area (Å²) in [6.45, 7) is 4.80. The van der Waals surface area contributed by atoms with Gasteiger partial charge in [0.1, 0.15) is 13.2 Å². The Bertz CT molecular complexity index is 644. The lowest BCUT2D eigenvalue weighted by molar-refractivity contribution is -0.152. The van der Waals surface area contributed by atoms with Crippen molar-refractivity contribution < 1.29 is 19.1 Å². The van der Waals surface area contributed by atoms with Crippen molar-refractivity contribution >= 4 is 11.9 Å². The first-order chi connectivity index (χ1) is 20.7. The molecule has 0 radical (unpaired) electrons. The van der Waals surface area contributed by atoms with Gasteiger partial charge in [-0.3, -0.25) is 9.59 Å². The number of rotatable bonds is 31. The molecule has 0 heterocycles. The SMILES string of the molecule is CCCCC/C=C\C/C=C\CCCCCCCC(=O)OCCOC(=O)CCCCCCC/C=C\C/C=C\CCCCC. The Labute approximate surface area is 260 Å². The predicted molar refractivity (Wildman–Crippen MR) is 181 cm³/mol. The summed E-state index contributed by atoms with van der Waals surface area (Å²) in [5, 5.41) is 0. The fraction of sp³-hybridized carbons (Fsp3) is 0.737. The van der Waals surface area contributed by atoms with Crippen LogP contribution in [0.5, 0.6) is 0 Å². The van der Waals surface area contributed by atoms with E-state index in [9.17, 15) is 9.59 Å². The number of hydrogen-bond acceptors (Lipinski definition) is 4. The number of hydrogen-bond donors (Lipinski definition) is 0. The van der Waals surface area contributed by atoms with Gasteiger partial charge in [0.2, 0.25) is 0 Å². The molecule has 0 spiro atoms. The highest BCUT2D eigenvalue weighted by Crippen LogP contribution is 2.10. The van der Waals surface area contributed by atoms with Crippen LogP contribution in [0.1, 0.15) is 168 Å². The van der Waals surface area contributed by atoms with Crippen molar-refractivity contribution in [2.75, 3.05) is 13.2 Å². The minimum absolute atomic E-state index is 0.160. The van der Waals surface area contributed by atoms with Crippen LogP contribution >= 0.6 is 0 Å². The quantitative estimate of drug-likeness (QED) is 0.0460. The largest absolute Gasteiger partial charge is 0.462 e. The number of unbranched alkanes of at least 4 members (excludes halogenated alkanes) is 16. The molecule has 0 aliphatic carbocycles. The van der Waals surface area contributed by atoms with Gasteiger partial charge in [0.15, 0.2) is 0 Å². The maximum atomic E-state index is 11.9. The zero-order valence-corrected chi connectivity index (χ0v) is 27.6. The van der Waals surface area contributed by atoms with Crippen molar-refractivity contribution in [1.82, 2.24) is 0 Å². The van der Waals surface area contributed by atoms with Gasteiger partial charge in [-0.05, 0) is 77.0 Å². The maximum absolute atomic E-state index is 11.9. The van der Waals surface area contributed by atoms with E-state index in [-0.39, 0.29) is 25.2 Å². The molecule has 0 bridgehead atoms. The van der Waals surface area contributed by atoms with E-state index >= 15 is 0 Å². The van der Waals surface area contributed by atoms with Crippen LogP contribution in [0, 0.1) is 0 Å².